The lowest BCUT2D eigenvalue weighted by molar-refractivity contribution is 0.266. The van der Waals surface area contributed by atoms with Crippen molar-refractivity contribution in [2.24, 2.45) is 5.84 Å². The third-order valence-electron chi connectivity index (χ3n) is 2.56. The van der Waals surface area contributed by atoms with Crippen LogP contribution in [0.3, 0.4) is 0 Å². The van der Waals surface area contributed by atoms with E-state index in [0.29, 0.717) is 6.04 Å². The Labute approximate surface area is 83.3 Å². The summed E-state index contributed by atoms with van der Waals surface area (Å²) >= 11 is 6.09. The lowest BCUT2D eigenvalue weighted by Gasteiger charge is -2.20. The largest absolute Gasteiger partial charge is 0.268 e. The van der Waals surface area contributed by atoms with Crippen LogP contribution in [0.5, 0.6) is 0 Å². The van der Waals surface area contributed by atoms with Gasteiger partial charge in [-0.05, 0) is 24.5 Å². The molecule has 1 aliphatic heterocycles. The summed E-state index contributed by atoms with van der Waals surface area (Å²) in [6, 6.07) is 8.24. The van der Waals surface area contributed by atoms with E-state index in [-0.39, 0.29) is 0 Å². The van der Waals surface area contributed by atoms with Crippen LogP contribution in [0.15, 0.2) is 24.3 Å². The molecule has 0 aromatic heterocycles. The summed E-state index contributed by atoms with van der Waals surface area (Å²) in [6.07, 6.45) is 2.27. The molecule has 1 aromatic carbocycles. The molecule has 2 rings (SSSR count). The molecule has 0 amide bonds. The van der Waals surface area contributed by atoms with Gasteiger partial charge in [0.15, 0.2) is 0 Å². The maximum Gasteiger partial charge on any atom is 0.0505 e. The van der Waals surface area contributed by atoms with Gasteiger partial charge in [-0.15, -0.1) is 0 Å². The summed E-state index contributed by atoms with van der Waals surface area (Å²) < 4.78 is 0. The number of hydrogen-bond donors (Lipinski definition) is 1. The summed E-state index contributed by atoms with van der Waals surface area (Å²) in [4.78, 5) is 0. The van der Waals surface area contributed by atoms with Gasteiger partial charge in [-0.1, -0.05) is 29.8 Å². The van der Waals surface area contributed by atoms with E-state index in [1.807, 2.05) is 23.2 Å². The molecule has 1 aliphatic rings. The smallest absolute Gasteiger partial charge is 0.0505 e. The topological polar surface area (TPSA) is 29.3 Å². The first-order valence-electron chi connectivity index (χ1n) is 4.55. The molecule has 0 radical (unpaired) electrons. The second-order valence-electron chi connectivity index (χ2n) is 3.42. The van der Waals surface area contributed by atoms with Crippen LogP contribution < -0.4 is 5.84 Å². The molecule has 70 valence electrons. The van der Waals surface area contributed by atoms with Gasteiger partial charge in [0.2, 0.25) is 0 Å². The first-order chi connectivity index (χ1) is 6.29. The fourth-order valence-corrected chi connectivity index (χ4v) is 2.13. The molecule has 0 saturated carbocycles. The van der Waals surface area contributed by atoms with Crippen molar-refractivity contribution in [3.05, 3.63) is 34.9 Å². The van der Waals surface area contributed by atoms with E-state index >= 15 is 0 Å². The van der Waals surface area contributed by atoms with Gasteiger partial charge in [-0.2, -0.15) is 0 Å². The molecule has 3 heteroatoms. The lowest BCUT2D eigenvalue weighted by atomic mass is 10.1. The van der Waals surface area contributed by atoms with Crippen molar-refractivity contribution in [3.8, 4) is 0 Å². The standard InChI is InChI=1S/C10H13ClN2/c11-9-5-2-1-4-8(9)10-6-3-7-13(10)12/h1-2,4-5,10H,3,6-7,12H2/t10-/m1/s1. The first-order valence-corrected chi connectivity index (χ1v) is 4.92. The first kappa shape index (κ1) is 9.00. The van der Waals surface area contributed by atoms with Crippen LogP contribution in [0.25, 0.3) is 0 Å². The van der Waals surface area contributed by atoms with Crippen LogP contribution >= 0.6 is 11.6 Å². The van der Waals surface area contributed by atoms with Crippen molar-refractivity contribution in [2.45, 2.75) is 18.9 Å². The second-order valence-corrected chi connectivity index (χ2v) is 3.82. The Balaban J connectivity index is 2.29. The van der Waals surface area contributed by atoms with E-state index in [1.54, 1.807) is 0 Å². The minimum atomic E-state index is 0.314. The zero-order chi connectivity index (χ0) is 9.26. The average molecular weight is 197 g/mol. The molecule has 2 nitrogen and oxygen atoms in total. The Hall–Kier alpha value is -0.570. The molecule has 13 heavy (non-hydrogen) atoms. The second kappa shape index (κ2) is 3.66. The average Bonchev–Trinajstić information content (AvgIpc) is 2.52. The van der Waals surface area contributed by atoms with Gasteiger partial charge >= 0.3 is 0 Å². The third-order valence-corrected chi connectivity index (χ3v) is 2.90. The van der Waals surface area contributed by atoms with E-state index in [9.17, 15) is 0 Å². The van der Waals surface area contributed by atoms with Gasteiger partial charge in [0.25, 0.3) is 0 Å². The van der Waals surface area contributed by atoms with Crippen LogP contribution in [0.2, 0.25) is 5.02 Å². The molecule has 1 heterocycles. The molecule has 0 bridgehead atoms. The van der Waals surface area contributed by atoms with Crippen molar-refractivity contribution >= 4 is 11.6 Å². The summed E-state index contributed by atoms with van der Waals surface area (Å²) in [6.45, 7) is 0.968. The van der Waals surface area contributed by atoms with Crippen LogP contribution in [0, 0.1) is 0 Å². The number of hydrogen-bond acceptors (Lipinski definition) is 2. The van der Waals surface area contributed by atoms with Gasteiger partial charge < -0.3 is 0 Å². The molecule has 0 spiro atoms. The van der Waals surface area contributed by atoms with E-state index in [4.69, 9.17) is 17.4 Å². The van der Waals surface area contributed by atoms with Crippen LogP contribution in [-0.4, -0.2) is 11.6 Å². The minimum absolute atomic E-state index is 0.314. The summed E-state index contributed by atoms with van der Waals surface area (Å²) in [7, 11) is 0. The number of rotatable bonds is 1. The van der Waals surface area contributed by atoms with Gasteiger partial charge in [0.1, 0.15) is 0 Å². The molecule has 2 N–H and O–H groups in total. The van der Waals surface area contributed by atoms with E-state index in [1.165, 1.54) is 0 Å². The maximum absolute atomic E-state index is 6.09. The van der Waals surface area contributed by atoms with Crippen molar-refractivity contribution in [1.29, 1.82) is 0 Å². The lowest BCUT2D eigenvalue weighted by Crippen LogP contribution is -2.30. The Morgan fingerprint density at radius 3 is 2.77 bits per heavy atom. The Kier molecular flexibility index (Phi) is 2.54. The molecular weight excluding hydrogens is 184 g/mol. The van der Waals surface area contributed by atoms with Crippen LogP contribution in [0.4, 0.5) is 0 Å². The highest BCUT2D eigenvalue weighted by Crippen LogP contribution is 2.33. The summed E-state index contributed by atoms with van der Waals surface area (Å²) in [5.41, 5.74) is 1.16. The Bertz CT molecular complexity index is 301. The highest BCUT2D eigenvalue weighted by Gasteiger charge is 2.24. The fourth-order valence-electron chi connectivity index (χ4n) is 1.87. The number of hydrazine groups is 1. The SMILES string of the molecule is NN1CCC[C@@H]1c1ccccc1Cl. The van der Waals surface area contributed by atoms with Gasteiger partial charge in [-0.3, -0.25) is 5.84 Å². The van der Waals surface area contributed by atoms with Gasteiger partial charge in [0.05, 0.1) is 6.04 Å². The fraction of sp³-hybridized carbons (Fsp3) is 0.400. The third kappa shape index (κ3) is 1.70. The molecule has 0 unspecified atom stereocenters. The molecule has 0 aliphatic carbocycles. The van der Waals surface area contributed by atoms with Gasteiger partial charge in [0, 0.05) is 11.6 Å². The molecule has 1 fully saturated rings. The predicted molar refractivity (Wildman–Crippen MR) is 54.3 cm³/mol. The highest BCUT2D eigenvalue weighted by atomic mass is 35.5. The molecule has 1 aromatic rings. The quantitative estimate of drug-likeness (QED) is 0.699. The molecule has 1 atom stereocenters. The van der Waals surface area contributed by atoms with E-state index in [2.05, 4.69) is 6.07 Å². The van der Waals surface area contributed by atoms with Crippen LogP contribution in [0.1, 0.15) is 24.4 Å². The number of nitrogens with zero attached hydrogens (tertiary/aromatic N) is 1. The monoisotopic (exact) mass is 196 g/mol. The van der Waals surface area contributed by atoms with E-state index < -0.39 is 0 Å². The number of benzene rings is 1. The minimum Gasteiger partial charge on any atom is -0.268 e. The number of nitrogens with two attached hydrogens (primary N) is 1. The normalized spacial score (nSPS) is 23.7. The highest BCUT2D eigenvalue weighted by molar-refractivity contribution is 6.31. The summed E-state index contributed by atoms with van der Waals surface area (Å²) in [5.74, 6) is 5.85. The van der Waals surface area contributed by atoms with Gasteiger partial charge in [-0.25, -0.2) is 5.01 Å². The summed E-state index contributed by atoms with van der Waals surface area (Å²) in [5, 5.41) is 2.70. The predicted octanol–water partition coefficient (Wildman–Crippen LogP) is 2.35. The maximum atomic E-state index is 6.09. The van der Waals surface area contributed by atoms with Crippen molar-refractivity contribution in [2.75, 3.05) is 6.54 Å². The zero-order valence-corrected chi connectivity index (χ0v) is 8.17. The van der Waals surface area contributed by atoms with Crippen molar-refractivity contribution in [1.82, 2.24) is 5.01 Å². The Morgan fingerprint density at radius 2 is 2.15 bits per heavy atom. The van der Waals surface area contributed by atoms with Crippen molar-refractivity contribution < 1.29 is 0 Å². The zero-order valence-electron chi connectivity index (χ0n) is 7.41. The Morgan fingerprint density at radius 1 is 1.38 bits per heavy atom. The molecular formula is C10H13ClN2. The van der Waals surface area contributed by atoms with Crippen molar-refractivity contribution in [3.63, 3.8) is 0 Å². The van der Waals surface area contributed by atoms with E-state index in [0.717, 1.165) is 30.0 Å². The molecule has 1 saturated heterocycles. The van der Waals surface area contributed by atoms with Crippen LogP contribution in [-0.2, 0) is 0 Å². The number of halogens is 1.